The van der Waals surface area contributed by atoms with Gasteiger partial charge in [0.1, 0.15) is 12.4 Å². The van der Waals surface area contributed by atoms with E-state index in [2.05, 4.69) is 21.2 Å². The zero-order valence-electron chi connectivity index (χ0n) is 8.97. The lowest BCUT2D eigenvalue weighted by molar-refractivity contribution is 0.0813. The molecule has 2 nitrogen and oxygen atoms in total. The van der Waals surface area contributed by atoms with Gasteiger partial charge in [0.2, 0.25) is 0 Å². The molecular weight excluding hydrogens is 280 g/mol. The van der Waals surface area contributed by atoms with Crippen LogP contribution >= 0.6 is 15.9 Å². The van der Waals surface area contributed by atoms with Gasteiger partial charge in [0, 0.05) is 16.6 Å². The van der Waals surface area contributed by atoms with Gasteiger partial charge in [-0.3, -0.25) is 0 Å². The lowest BCUT2D eigenvalue weighted by atomic mass is 10.2. The van der Waals surface area contributed by atoms with Crippen LogP contribution in [0.5, 0.6) is 5.75 Å². The van der Waals surface area contributed by atoms with Gasteiger partial charge in [-0.2, -0.15) is 0 Å². The third-order valence-corrected chi connectivity index (χ3v) is 2.45. The van der Waals surface area contributed by atoms with Crippen LogP contribution in [0.25, 0.3) is 0 Å². The molecule has 0 radical (unpaired) electrons. The van der Waals surface area contributed by atoms with Gasteiger partial charge in [0.25, 0.3) is 6.43 Å². The van der Waals surface area contributed by atoms with Crippen molar-refractivity contribution in [1.29, 1.82) is 0 Å². The van der Waals surface area contributed by atoms with Crippen molar-refractivity contribution in [2.45, 2.75) is 19.9 Å². The highest BCUT2D eigenvalue weighted by Crippen LogP contribution is 2.23. The number of ether oxygens (including phenoxy) is 1. The van der Waals surface area contributed by atoms with Crippen LogP contribution in [0.2, 0.25) is 0 Å². The number of rotatable bonds is 6. The van der Waals surface area contributed by atoms with Crippen molar-refractivity contribution in [3.05, 3.63) is 28.2 Å². The van der Waals surface area contributed by atoms with Gasteiger partial charge in [0.15, 0.2) is 0 Å². The van der Waals surface area contributed by atoms with Crippen molar-refractivity contribution in [3.63, 3.8) is 0 Å². The third-order valence-electron chi connectivity index (χ3n) is 1.95. The van der Waals surface area contributed by atoms with E-state index >= 15 is 0 Å². The maximum Gasteiger partial charge on any atom is 0.272 e. The molecule has 0 heterocycles. The number of halogens is 3. The Bertz CT molecular complexity index is 334. The lowest BCUT2D eigenvalue weighted by Gasteiger charge is -2.12. The van der Waals surface area contributed by atoms with E-state index in [1.807, 2.05) is 13.0 Å². The smallest absolute Gasteiger partial charge is 0.272 e. The molecule has 0 aliphatic rings. The van der Waals surface area contributed by atoms with Crippen molar-refractivity contribution < 1.29 is 13.5 Å². The molecular formula is C11H14BrF2NO. The van der Waals surface area contributed by atoms with Gasteiger partial charge in [-0.05, 0) is 24.7 Å². The highest BCUT2D eigenvalue weighted by molar-refractivity contribution is 9.10. The lowest BCUT2D eigenvalue weighted by Crippen LogP contribution is -2.14. The van der Waals surface area contributed by atoms with Gasteiger partial charge in [-0.15, -0.1) is 0 Å². The molecule has 1 aromatic rings. The third kappa shape index (κ3) is 4.45. The van der Waals surface area contributed by atoms with Crippen molar-refractivity contribution in [2.24, 2.45) is 0 Å². The molecule has 5 heteroatoms. The number of benzene rings is 1. The molecule has 0 aliphatic heterocycles. The fourth-order valence-corrected chi connectivity index (χ4v) is 1.65. The number of nitrogens with one attached hydrogen (secondary N) is 1. The first-order chi connectivity index (χ1) is 7.63. The summed E-state index contributed by atoms with van der Waals surface area (Å²) >= 11 is 3.34. The van der Waals surface area contributed by atoms with Crippen molar-refractivity contribution >= 4 is 15.9 Å². The van der Waals surface area contributed by atoms with E-state index in [9.17, 15) is 8.78 Å². The van der Waals surface area contributed by atoms with Gasteiger partial charge >= 0.3 is 0 Å². The Labute approximate surface area is 102 Å². The fraction of sp³-hybridized carbons (Fsp3) is 0.455. The summed E-state index contributed by atoms with van der Waals surface area (Å²) in [5.74, 6) is 0.504. The van der Waals surface area contributed by atoms with Gasteiger partial charge in [-0.25, -0.2) is 8.78 Å². The summed E-state index contributed by atoms with van der Waals surface area (Å²) in [5, 5.41) is 3.13. The fourth-order valence-electron chi connectivity index (χ4n) is 1.24. The largest absolute Gasteiger partial charge is 0.487 e. The van der Waals surface area contributed by atoms with Crippen LogP contribution in [0, 0.1) is 0 Å². The molecule has 90 valence electrons. The summed E-state index contributed by atoms with van der Waals surface area (Å²) in [6.07, 6.45) is -2.45. The minimum Gasteiger partial charge on any atom is -0.487 e. The second-order valence-corrected chi connectivity index (χ2v) is 4.15. The molecule has 0 aromatic heterocycles. The molecule has 1 aromatic carbocycles. The molecule has 0 saturated carbocycles. The number of hydrogen-bond acceptors (Lipinski definition) is 2. The Morgan fingerprint density at radius 3 is 2.81 bits per heavy atom. The number of hydrogen-bond donors (Lipinski definition) is 1. The number of alkyl halides is 2. The molecule has 0 atom stereocenters. The van der Waals surface area contributed by atoms with E-state index in [-0.39, 0.29) is 0 Å². The normalized spacial score (nSPS) is 10.8. The first-order valence-electron chi connectivity index (χ1n) is 5.03. The zero-order valence-corrected chi connectivity index (χ0v) is 10.6. The minimum absolute atomic E-state index is 0.504. The van der Waals surface area contributed by atoms with Gasteiger partial charge < -0.3 is 10.1 Å². The molecule has 0 amide bonds. The average Bonchev–Trinajstić information content (AvgIpc) is 2.24. The standard InChI is InChI=1S/C11H14BrF2NO/c1-2-15-6-8-5-9(12)3-4-10(8)16-7-11(13)14/h3-5,11,15H,2,6-7H2,1H3. The highest BCUT2D eigenvalue weighted by atomic mass is 79.9. The van der Waals surface area contributed by atoms with Gasteiger partial charge in [0.05, 0.1) is 0 Å². The second kappa shape index (κ2) is 6.81. The van der Waals surface area contributed by atoms with Gasteiger partial charge in [-0.1, -0.05) is 22.9 Å². The molecule has 16 heavy (non-hydrogen) atoms. The van der Waals surface area contributed by atoms with E-state index in [1.54, 1.807) is 12.1 Å². The van der Waals surface area contributed by atoms with Crippen LogP contribution in [0.4, 0.5) is 8.78 Å². The Morgan fingerprint density at radius 2 is 2.19 bits per heavy atom. The van der Waals surface area contributed by atoms with Crippen LogP contribution in [-0.2, 0) is 6.54 Å². The summed E-state index contributed by atoms with van der Waals surface area (Å²) in [4.78, 5) is 0. The predicted molar refractivity (Wildman–Crippen MR) is 63.0 cm³/mol. The molecule has 1 N–H and O–H groups in total. The summed E-state index contributed by atoms with van der Waals surface area (Å²) in [7, 11) is 0. The van der Waals surface area contributed by atoms with E-state index in [4.69, 9.17) is 4.74 Å². The van der Waals surface area contributed by atoms with Crippen LogP contribution in [-0.4, -0.2) is 19.6 Å². The Morgan fingerprint density at radius 1 is 1.44 bits per heavy atom. The molecule has 0 spiro atoms. The van der Waals surface area contributed by atoms with Crippen LogP contribution < -0.4 is 10.1 Å². The van der Waals surface area contributed by atoms with E-state index < -0.39 is 13.0 Å². The van der Waals surface area contributed by atoms with Crippen LogP contribution in [0.3, 0.4) is 0 Å². The summed E-state index contributed by atoms with van der Waals surface area (Å²) in [6.45, 7) is 2.84. The maximum atomic E-state index is 12.0. The summed E-state index contributed by atoms with van der Waals surface area (Å²) in [6, 6.07) is 5.33. The predicted octanol–water partition coefficient (Wildman–Crippen LogP) is 3.20. The van der Waals surface area contributed by atoms with E-state index in [1.165, 1.54) is 0 Å². The average molecular weight is 294 g/mol. The Kier molecular flexibility index (Phi) is 5.69. The summed E-state index contributed by atoms with van der Waals surface area (Å²) in [5.41, 5.74) is 0.872. The quantitative estimate of drug-likeness (QED) is 0.870. The van der Waals surface area contributed by atoms with Crippen LogP contribution in [0.1, 0.15) is 12.5 Å². The summed E-state index contributed by atoms with van der Waals surface area (Å²) < 4.78 is 30.0. The van der Waals surface area contributed by atoms with Crippen molar-refractivity contribution in [1.82, 2.24) is 5.32 Å². The monoisotopic (exact) mass is 293 g/mol. The molecule has 0 unspecified atom stereocenters. The topological polar surface area (TPSA) is 21.3 Å². The van der Waals surface area contributed by atoms with Crippen LogP contribution in [0.15, 0.2) is 22.7 Å². The Balaban J connectivity index is 2.72. The zero-order chi connectivity index (χ0) is 12.0. The van der Waals surface area contributed by atoms with Crippen molar-refractivity contribution in [3.8, 4) is 5.75 Å². The molecule has 0 saturated heterocycles. The minimum atomic E-state index is -2.45. The van der Waals surface area contributed by atoms with E-state index in [0.717, 1.165) is 16.6 Å². The maximum absolute atomic E-state index is 12.0. The second-order valence-electron chi connectivity index (χ2n) is 3.23. The molecule has 0 aliphatic carbocycles. The Hall–Kier alpha value is -0.680. The van der Waals surface area contributed by atoms with Crippen molar-refractivity contribution in [2.75, 3.05) is 13.2 Å². The SMILES string of the molecule is CCNCc1cc(Br)ccc1OCC(F)F. The van der Waals surface area contributed by atoms with E-state index in [0.29, 0.717) is 12.3 Å². The first kappa shape index (κ1) is 13.4. The highest BCUT2D eigenvalue weighted by Gasteiger charge is 2.08. The first-order valence-corrected chi connectivity index (χ1v) is 5.83. The molecule has 1 rings (SSSR count). The molecule has 0 fully saturated rings. The molecule has 0 bridgehead atoms.